The Balaban J connectivity index is 1.58. The molecule has 0 aliphatic carbocycles. The summed E-state index contributed by atoms with van der Waals surface area (Å²) >= 11 is 0. The summed E-state index contributed by atoms with van der Waals surface area (Å²) in [6, 6.07) is 4.83. The first-order chi connectivity index (χ1) is 11.3. The van der Waals surface area contributed by atoms with Gasteiger partial charge in [0.15, 0.2) is 0 Å². The molecule has 0 radical (unpaired) electrons. The molecule has 0 saturated carbocycles. The number of fused-ring (bicyclic) bond motifs is 1. The number of benzene rings is 1. The Morgan fingerprint density at radius 3 is 2.71 bits per heavy atom. The fraction of sp³-hybridized carbons (Fsp3) is 0.357. The SMILES string of the molecule is O=[N+]([O-])c1cn2c(n1)OCC(OCc1ccc(C(F)(F)F)cc1)C2. The first kappa shape index (κ1) is 16.2. The van der Waals surface area contributed by atoms with Gasteiger partial charge in [-0.15, -0.1) is 0 Å². The van der Waals surface area contributed by atoms with E-state index >= 15 is 0 Å². The second-order valence-corrected chi connectivity index (χ2v) is 5.23. The largest absolute Gasteiger partial charge is 0.443 e. The van der Waals surface area contributed by atoms with Gasteiger partial charge in [-0.1, -0.05) is 12.1 Å². The van der Waals surface area contributed by atoms with Gasteiger partial charge in [0, 0.05) is 4.98 Å². The van der Waals surface area contributed by atoms with Gasteiger partial charge in [0.25, 0.3) is 0 Å². The topological polar surface area (TPSA) is 79.4 Å². The van der Waals surface area contributed by atoms with Crippen LogP contribution >= 0.6 is 0 Å². The number of imidazole rings is 1. The lowest BCUT2D eigenvalue weighted by Crippen LogP contribution is -2.32. The summed E-state index contributed by atoms with van der Waals surface area (Å²) in [7, 11) is 0. The van der Waals surface area contributed by atoms with Crippen LogP contribution in [0.3, 0.4) is 0 Å². The number of halogens is 3. The molecule has 7 nitrogen and oxygen atoms in total. The number of ether oxygens (including phenoxy) is 2. The van der Waals surface area contributed by atoms with Crippen LogP contribution in [0.1, 0.15) is 11.1 Å². The van der Waals surface area contributed by atoms with Crippen molar-refractivity contribution in [3.8, 4) is 6.01 Å². The summed E-state index contributed by atoms with van der Waals surface area (Å²) in [5.74, 6) is -0.312. The summed E-state index contributed by atoms with van der Waals surface area (Å²) in [6.07, 6.45) is -3.50. The number of rotatable bonds is 4. The van der Waals surface area contributed by atoms with Gasteiger partial charge in [-0.2, -0.15) is 13.2 Å². The molecular weight excluding hydrogens is 331 g/mol. The smallest absolute Gasteiger partial charge is 0.416 e. The van der Waals surface area contributed by atoms with Gasteiger partial charge in [-0.25, -0.2) is 0 Å². The molecule has 1 aromatic heterocycles. The second-order valence-electron chi connectivity index (χ2n) is 5.23. The molecule has 0 N–H and O–H groups in total. The van der Waals surface area contributed by atoms with Crippen LogP contribution in [0.2, 0.25) is 0 Å². The number of hydrogen-bond acceptors (Lipinski definition) is 5. The van der Waals surface area contributed by atoms with Crippen molar-refractivity contribution >= 4 is 5.82 Å². The fourth-order valence-corrected chi connectivity index (χ4v) is 2.26. The standard InChI is InChI=1S/C14H12F3N3O4/c15-14(16,17)10-3-1-9(2-4-10)7-23-11-5-19-6-12(20(21)22)18-13(19)24-8-11/h1-4,6,11H,5,7-8H2. The molecule has 1 aliphatic rings. The predicted molar refractivity (Wildman–Crippen MR) is 74.4 cm³/mol. The molecular formula is C14H12F3N3O4. The molecule has 1 atom stereocenters. The molecule has 128 valence electrons. The third-order valence-corrected chi connectivity index (χ3v) is 3.48. The highest BCUT2D eigenvalue weighted by atomic mass is 19.4. The highest BCUT2D eigenvalue weighted by Gasteiger charge is 2.30. The number of hydrogen-bond donors (Lipinski definition) is 0. The number of nitro groups is 1. The van der Waals surface area contributed by atoms with E-state index in [1.807, 2.05) is 0 Å². The third-order valence-electron chi connectivity index (χ3n) is 3.48. The minimum Gasteiger partial charge on any atom is -0.443 e. The zero-order chi connectivity index (χ0) is 17.3. The molecule has 0 amide bonds. The summed E-state index contributed by atoms with van der Waals surface area (Å²) in [6.45, 7) is 0.587. The maximum atomic E-state index is 12.5. The molecule has 1 aromatic carbocycles. The van der Waals surface area contributed by atoms with Crippen LogP contribution in [0.15, 0.2) is 30.5 Å². The summed E-state index contributed by atoms with van der Waals surface area (Å²) in [5, 5.41) is 10.7. The monoisotopic (exact) mass is 343 g/mol. The van der Waals surface area contributed by atoms with Crippen molar-refractivity contribution in [2.45, 2.75) is 25.4 Å². The molecule has 24 heavy (non-hydrogen) atoms. The summed E-state index contributed by atoms with van der Waals surface area (Å²) in [5.41, 5.74) is -0.131. The van der Waals surface area contributed by atoms with Gasteiger partial charge in [0.1, 0.15) is 18.9 Å². The van der Waals surface area contributed by atoms with Crippen molar-refractivity contribution in [1.82, 2.24) is 9.55 Å². The fourth-order valence-electron chi connectivity index (χ4n) is 2.26. The van der Waals surface area contributed by atoms with Crippen molar-refractivity contribution in [3.05, 3.63) is 51.7 Å². The Bertz CT molecular complexity index is 743. The van der Waals surface area contributed by atoms with Crippen LogP contribution in [0, 0.1) is 10.1 Å². The van der Waals surface area contributed by atoms with E-state index < -0.39 is 16.7 Å². The van der Waals surface area contributed by atoms with Gasteiger partial charge in [-0.05, 0) is 22.6 Å². The lowest BCUT2D eigenvalue weighted by atomic mass is 10.1. The predicted octanol–water partition coefficient (Wildman–Crippen LogP) is 2.79. The lowest BCUT2D eigenvalue weighted by molar-refractivity contribution is -0.389. The molecule has 2 heterocycles. The van der Waals surface area contributed by atoms with Crippen LogP contribution in [-0.2, 0) is 24.1 Å². The Hall–Kier alpha value is -2.62. The third kappa shape index (κ3) is 3.48. The normalized spacial score (nSPS) is 17.2. The van der Waals surface area contributed by atoms with E-state index in [1.54, 1.807) is 0 Å². The van der Waals surface area contributed by atoms with Crippen LogP contribution in [-0.4, -0.2) is 27.2 Å². The molecule has 0 fully saturated rings. The molecule has 0 spiro atoms. The molecule has 10 heteroatoms. The van der Waals surface area contributed by atoms with Crippen molar-refractivity contribution < 1.29 is 27.6 Å². The van der Waals surface area contributed by atoms with Crippen molar-refractivity contribution in [2.75, 3.05) is 6.61 Å². The minimum absolute atomic E-state index is 0.109. The van der Waals surface area contributed by atoms with E-state index in [-0.39, 0.29) is 31.1 Å². The molecule has 2 aromatic rings. The highest BCUT2D eigenvalue weighted by molar-refractivity contribution is 5.24. The minimum atomic E-state index is -4.37. The number of nitrogens with zero attached hydrogens (tertiary/aromatic N) is 3. The highest BCUT2D eigenvalue weighted by Crippen LogP contribution is 2.29. The maximum absolute atomic E-state index is 12.5. The maximum Gasteiger partial charge on any atom is 0.416 e. The van der Waals surface area contributed by atoms with Crippen LogP contribution < -0.4 is 4.74 Å². The Kier molecular flexibility index (Phi) is 4.14. The Morgan fingerprint density at radius 1 is 1.38 bits per heavy atom. The zero-order valence-corrected chi connectivity index (χ0v) is 12.2. The molecule has 1 aliphatic heterocycles. The van der Waals surface area contributed by atoms with Crippen molar-refractivity contribution in [3.63, 3.8) is 0 Å². The average Bonchev–Trinajstić information content (AvgIpc) is 2.96. The van der Waals surface area contributed by atoms with Crippen molar-refractivity contribution in [2.24, 2.45) is 0 Å². The summed E-state index contributed by atoms with van der Waals surface area (Å²) in [4.78, 5) is 13.8. The number of aromatic nitrogens is 2. The summed E-state index contributed by atoms with van der Waals surface area (Å²) < 4.78 is 49.8. The second kappa shape index (κ2) is 6.11. The van der Waals surface area contributed by atoms with Crippen LogP contribution in [0.5, 0.6) is 6.01 Å². The zero-order valence-electron chi connectivity index (χ0n) is 12.2. The van der Waals surface area contributed by atoms with E-state index in [0.717, 1.165) is 12.1 Å². The lowest BCUT2D eigenvalue weighted by Gasteiger charge is -2.22. The molecule has 3 rings (SSSR count). The van der Waals surface area contributed by atoms with Gasteiger partial charge in [0.05, 0.1) is 18.7 Å². The van der Waals surface area contributed by atoms with Gasteiger partial charge in [0.2, 0.25) is 0 Å². The van der Waals surface area contributed by atoms with Crippen molar-refractivity contribution in [1.29, 1.82) is 0 Å². The van der Waals surface area contributed by atoms with Crippen LogP contribution in [0.4, 0.5) is 19.0 Å². The first-order valence-electron chi connectivity index (χ1n) is 6.95. The van der Waals surface area contributed by atoms with E-state index in [0.29, 0.717) is 12.1 Å². The average molecular weight is 343 g/mol. The molecule has 0 bridgehead atoms. The van der Waals surface area contributed by atoms with E-state index in [2.05, 4.69) is 4.98 Å². The first-order valence-corrected chi connectivity index (χ1v) is 6.95. The molecule has 0 saturated heterocycles. The molecule has 1 unspecified atom stereocenters. The van der Waals surface area contributed by atoms with Gasteiger partial charge < -0.3 is 19.6 Å². The van der Waals surface area contributed by atoms with Gasteiger partial charge in [-0.3, -0.25) is 4.57 Å². The van der Waals surface area contributed by atoms with Gasteiger partial charge >= 0.3 is 18.0 Å². The van der Waals surface area contributed by atoms with E-state index in [1.165, 1.54) is 22.9 Å². The van der Waals surface area contributed by atoms with E-state index in [4.69, 9.17) is 9.47 Å². The quantitative estimate of drug-likeness (QED) is 0.630. The van der Waals surface area contributed by atoms with Crippen LogP contribution in [0.25, 0.3) is 0 Å². The number of alkyl halides is 3. The Labute approximate surface area is 133 Å². The van der Waals surface area contributed by atoms with E-state index in [9.17, 15) is 23.3 Å². The Morgan fingerprint density at radius 2 is 2.08 bits per heavy atom.